The van der Waals surface area contributed by atoms with Crippen molar-refractivity contribution in [1.82, 2.24) is 9.97 Å². The van der Waals surface area contributed by atoms with E-state index in [1.807, 2.05) is 24.3 Å². The number of amides is 1. The number of hydrogen-bond donors (Lipinski definition) is 0. The monoisotopic (exact) mass is 441 g/mol. The predicted molar refractivity (Wildman–Crippen MR) is 117 cm³/mol. The van der Waals surface area contributed by atoms with E-state index in [4.69, 9.17) is 21.1 Å². The topological polar surface area (TPSA) is 64.5 Å². The van der Waals surface area contributed by atoms with E-state index in [2.05, 4.69) is 9.97 Å². The number of ether oxygens (including phenoxy) is 2. The van der Waals surface area contributed by atoms with Gasteiger partial charge in [0.1, 0.15) is 0 Å². The summed E-state index contributed by atoms with van der Waals surface area (Å²) >= 11 is 7.27. The summed E-state index contributed by atoms with van der Waals surface area (Å²) in [4.78, 5) is 24.9. The number of nitrogens with zero attached hydrogens (tertiary/aromatic N) is 3. The molecule has 8 heteroatoms. The lowest BCUT2D eigenvalue weighted by atomic mass is 10.2. The van der Waals surface area contributed by atoms with E-state index in [1.165, 1.54) is 24.2 Å². The van der Waals surface area contributed by atoms with Gasteiger partial charge in [-0.05, 0) is 36.1 Å². The largest absolute Gasteiger partial charge is 0.493 e. The number of carbonyl (C=O) groups excluding carboxylic acids is 1. The summed E-state index contributed by atoms with van der Waals surface area (Å²) < 4.78 is 11.4. The van der Waals surface area contributed by atoms with E-state index in [9.17, 15) is 4.79 Å². The highest BCUT2D eigenvalue weighted by Crippen LogP contribution is 2.40. The van der Waals surface area contributed by atoms with Gasteiger partial charge in [0.2, 0.25) is 0 Å². The Morgan fingerprint density at radius 1 is 1.20 bits per heavy atom. The third kappa shape index (κ3) is 3.75. The molecule has 0 spiro atoms. The van der Waals surface area contributed by atoms with Gasteiger partial charge in [-0.1, -0.05) is 24.4 Å². The van der Waals surface area contributed by atoms with Gasteiger partial charge in [-0.3, -0.25) is 4.79 Å². The zero-order valence-corrected chi connectivity index (χ0v) is 18.0. The molecule has 1 aromatic carbocycles. The first-order chi connectivity index (χ1) is 14.6. The summed E-state index contributed by atoms with van der Waals surface area (Å²) in [5, 5.41) is 0.485. The van der Waals surface area contributed by atoms with Crippen LogP contribution in [0.4, 0.5) is 5.69 Å². The van der Waals surface area contributed by atoms with Crippen molar-refractivity contribution in [2.45, 2.75) is 25.8 Å². The number of halogens is 1. The van der Waals surface area contributed by atoms with E-state index in [1.54, 1.807) is 24.4 Å². The van der Waals surface area contributed by atoms with Crippen LogP contribution < -0.4 is 14.4 Å². The van der Waals surface area contributed by atoms with Crippen molar-refractivity contribution in [1.29, 1.82) is 0 Å². The van der Waals surface area contributed by atoms with Gasteiger partial charge in [-0.2, -0.15) is 0 Å². The molecule has 1 fully saturated rings. The molecule has 0 saturated heterocycles. The van der Waals surface area contributed by atoms with Crippen LogP contribution in [-0.2, 0) is 6.54 Å². The fourth-order valence-electron chi connectivity index (χ4n) is 3.54. The summed E-state index contributed by atoms with van der Waals surface area (Å²) in [7, 11) is 1.62. The van der Waals surface area contributed by atoms with Gasteiger partial charge in [0.25, 0.3) is 5.91 Å². The normalized spacial score (nSPS) is 15.4. The third-order valence-corrected chi connectivity index (χ3v) is 6.71. The molecule has 0 radical (unpaired) electrons. The van der Waals surface area contributed by atoms with Gasteiger partial charge in [-0.25, -0.2) is 9.97 Å². The Labute approximate surface area is 183 Å². The number of rotatable bonds is 7. The molecule has 30 heavy (non-hydrogen) atoms. The van der Waals surface area contributed by atoms with Crippen LogP contribution in [0.5, 0.6) is 11.5 Å². The Bertz CT molecular complexity index is 1100. The number of fused-ring (bicyclic) bond motifs is 1. The van der Waals surface area contributed by atoms with Crippen molar-refractivity contribution in [3.63, 3.8) is 0 Å². The third-order valence-electron chi connectivity index (χ3n) is 5.36. The number of anilines is 1. The van der Waals surface area contributed by atoms with E-state index < -0.39 is 0 Å². The van der Waals surface area contributed by atoms with Gasteiger partial charge in [0, 0.05) is 24.1 Å². The summed E-state index contributed by atoms with van der Waals surface area (Å²) in [6, 6.07) is 7.64. The molecule has 1 aliphatic carbocycles. The summed E-state index contributed by atoms with van der Waals surface area (Å²) in [6.07, 6.45) is 6.82. The van der Waals surface area contributed by atoms with Gasteiger partial charge in [0.15, 0.2) is 17.3 Å². The number of thiophene rings is 1. The molecule has 0 unspecified atom stereocenters. The number of hydrogen-bond acceptors (Lipinski definition) is 6. The van der Waals surface area contributed by atoms with Crippen LogP contribution in [0.3, 0.4) is 0 Å². The molecule has 1 amide bonds. The lowest BCUT2D eigenvalue weighted by Gasteiger charge is -2.18. The second-order valence-electron chi connectivity index (χ2n) is 7.50. The maximum Gasteiger partial charge on any atom is 0.269 e. The van der Waals surface area contributed by atoms with E-state index >= 15 is 0 Å². The maximum atomic E-state index is 13.0. The maximum absolute atomic E-state index is 13.0. The van der Waals surface area contributed by atoms with Crippen molar-refractivity contribution >= 4 is 34.5 Å². The molecule has 0 N–H and O–H groups in total. The van der Waals surface area contributed by atoms with Gasteiger partial charge >= 0.3 is 0 Å². The van der Waals surface area contributed by atoms with Crippen LogP contribution in [0.2, 0.25) is 5.02 Å². The minimum absolute atomic E-state index is 0.0281. The van der Waals surface area contributed by atoms with Crippen molar-refractivity contribution in [2.24, 2.45) is 5.92 Å². The first-order valence-corrected chi connectivity index (χ1v) is 11.0. The summed E-state index contributed by atoms with van der Waals surface area (Å²) in [5.74, 6) is 2.72. The Balaban J connectivity index is 1.33. The molecule has 2 aliphatic rings. The second-order valence-corrected chi connectivity index (χ2v) is 8.99. The standard InChI is InChI=1S/C22H20ClN3O3S/c1-28-18-9-16(4-5-17(18)29-7-6-13-2-3-13)26-12-14-8-19(30-20(14)22(26)27)21-24-10-15(23)11-25-21/h4-5,8-11,13H,2-3,6-7,12H2,1H3. The summed E-state index contributed by atoms with van der Waals surface area (Å²) in [6.45, 7) is 1.19. The molecule has 0 bridgehead atoms. The number of methoxy groups -OCH3 is 1. The highest BCUT2D eigenvalue weighted by Gasteiger charge is 2.32. The van der Waals surface area contributed by atoms with Crippen LogP contribution in [0.1, 0.15) is 34.5 Å². The average molecular weight is 442 g/mol. The molecule has 3 heterocycles. The van der Waals surface area contributed by atoms with E-state index in [-0.39, 0.29) is 5.91 Å². The first-order valence-electron chi connectivity index (χ1n) is 9.85. The molecular formula is C22H20ClN3O3S. The molecule has 6 nitrogen and oxygen atoms in total. The zero-order chi connectivity index (χ0) is 20.7. The van der Waals surface area contributed by atoms with Crippen LogP contribution >= 0.6 is 22.9 Å². The molecule has 2 aromatic heterocycles. The SMILES string of the molecule is COc1cc(N2Cc3cc(-c4ncc(Cl)cn4)sc3C2=O)ccc1OCCC1CC1. The quantitative estimate of drug-likeness (QED) is 0.503. The number of carbonyl (C=O) groups is 1. The van der Waals surface area contributed by atoms with Crippen molar-refractivity contribution in [3.05, 3.63) is 52.1 Å². The molecule has 3 aromatic rings. The van der Waals surface area contributed by atoms with Gasteiger partial charge in [0.05, 0.1) is 35.0 Å². The smallest absolute Gasteiger partial charge is 0.269 e. The molecule has 5 rings (SSSR count). The highest BCUT2D eigenvalue weighted by atomic mass is 35.5. The van der Waals surface area contributed by atoms with Crippen molar-refractivity contribution in [2.75, 3.05) is 18.6 Å². The fourth-order valence-corrected chi connectivity index (χ4v) is 4.70. The lowest BCUT2D eigenvalue weighted by molar-refractivity contribution is 0.1000. The van der Waals surface area contributed by atoms with Crippen LogP contribution in [0, 0.1) is 5.92 Å². The summed E-state index contributed by atoms with van der Waals surface area (Å²) in [5.41, 5.74) is 1.77. The Kier molecular flexibility index (Phi) is 5.08. The Hall–Kier alpha value is -2.64. The molecule has 1 aliphatic heterocycles. The molecule has 1 saturated carbocycles. The van der Waals surface area contributed by atoms with Gasteiger partial charge in [-0.15, -0.1) is 11.3 Å². The van der Waals surface area contributed by atoms with Crippen molar-refractivity contribution < 1.29 is 14.3 Å². The Morgan fingerprint density at radius 2 is 2.00 bits per heavy atom. The molecule has 154 valence electrons. The molecular weight excluding hydrogens is 422 g/mol. The second kappa shape index (κ2) is 7.89. The first kappa shape index (κ1) is 19.3. The highest BCUT2D eigenvalue weighted by molar-refractivity contribution is 7.17. The minimum Gasteiger partial charge on any atom is -0.493 e. The lowest BCUT2D eigenvalue weighted by Crippen LogP contribution is -2.23. The van der Waals surface area contributed by atoms with Crippen LogP contribution in [0.25, 0.3) is 10.7 Å². The zero-order valence-electron chi connectivity index (χ0n) is 16.4. The predicted octanol–water partition coefficient (Wildman–Crippen LogP) is 5.21. The number of benzene rings is 1. The van der Waals surface area contributed by atoms with Crippen LogP contribution in [0.15, 0.2) is 36.7 Å². The van der Waals surface area contributed by atoms with E-state index in [0.717, 1.165) is 28.5 Å². The fraction of sp³-hybridized carbons (Fsp3) is 0.318. The Morgan fingerprint density at radius 3 is 2.70 bits per heavy atom. The minimum atomic E-state index is -0.0281. The molecule has 0 atom stereocenters. The average Bonchev–Trinajstić information content (AvgIpc) is 3.41. The number of aromatic nitrogens is 2. The van der Waals surface area contributed by atoms with E-state index in [0.29, 0.717) is 40.4 Å². The van der Waals surface area contributed by atoms with Gasteiger partial charge < -0.3 is 14.4 Å². The van der Waals surface area contributed by atoms with Crippen molar-refractivity contribution in [3.8, 4) is 22.2 Å². The van der Waals surface area contributed by atoms with Crippen LogP contribution in [-0.4, -0.2) is 29.6 Å².